The van der Waals surface area contributed by atoms with Crippen LogP contribution in [0, 0.1) is 0 Å². The van der Waals surface area contributed by atoms with E-state index in [1.807, 2.05) is 6.92 Å². The second-order valence-corrected chi connectivity index (χ2v) is 4.45. The zero-order chi connectivity index (χ0) is 14.3. The Kier molecular flexibility index (Phi) is 6.52. The molecular weight excluding hydrogens is 314 g/mol. The molecule has 1 N–H and O–H groups in total. The van der Waals surface area contributed by atoms with Crippen molar-refractivity contribution >= 4 is 33.5 Å². The molecule has 0 atom stereocenters. The summed E-state index contributed by atoms with van der Waals surface area (Å²) in [5.74, 6) is -0.637. The molecule has 104 valence electrons. The number of esters is 1. The maximum Gasteiger partial charge on any atom is 0.338 e. The minimum atomic E-state index is -0.393. The second-order valence-electron chi connectivity index (χ2n) is 3.60. The van der Waals surface area contributed by atoms with E-state index < -0.39 is 5.97 Å². The molecule has 0 aliphatic carbocycles. The standard InChI is InChI=1S/C13H16BrNO4/c1-3-18-8-12(16)15-11-6-5-9(7-10(11)14)13(17)19-4-2/h5-7H,3-4,8H2,1-2H3,(H,15,16). The normalized spacial score (nSPS) is 10.1. The summed E-state index contributed by atoms with van der Waals surface area (Å²) < 4.78 is 10.5. The molecule has 0 saturated heterocycles. The molecule has 5 nitrogen and oxygen atoms in total. The van der Waals surface area contributed by atoms with Crippen molar-refractivity contribution in [1.82, 2.24) is 0 Å². The van der Waals surface area contributed by atoms with Crippen molar-refractivity contribution in [2.24, 2.45) is 0 Å². The molecule has 0 radical (unpaired) electrons. The lowest BCUT2D eigenvalue weighted by Crippen LogP contribution is -2.18. The molecule has 6 heteroatoms. The Labute approximate surface area is 120 Å². The predicted octanol–water partition coefficient (Wildman–Crippen LogP) is 2.60. The topological polar surface area (TPSA) is 64.6 Å². The summed E-state index contributed by atoms with van der Waals surface area (Å²) in [6.45, 7) is 4.37. The van der Waals surface area contributed by atoms with E-state index in [1.54, 1.807) is 25.1 Å². The van der Waals surface area contributed by atoms with Gasteiger partial charge in [0.25, 0.3) is 0 Å². The number of hydrogen-bond acceptors (Lipinski definition) is 4. The predicted molar refractivity (Wildman–Crippen MR) is 75.2 cm³/mol. The van der Waals surface area contributed by atoms with Gasteiger partial charge in [0.1, 0.15) is 6.61 Å². The lowest BCUT2D eigenvalue weighted by molar-refractivity contribution is -0.120. The average molecular weight is 330 g/mol. The number of carbonyl (C=O) groups is 2. The van der Waals surface area contributed by atoms with Gasteiger partial charge in [0.2, 0.25) is 5.91 Å². The summed E-state index contributed by atoms with van der Waals surface area (Å²) >= 11 is 3.30. The molecule has 0 aromatic heterocycles. The van der Waals surface area contributed by atoms with Crippen LogP contribution in [-0.4, -0.2) is 31.7 Å². The summed E-state index contributed by atoms with van der Waals surface area (Å²) in [7, 11) is 0. The Morgan fingerprint density at radius 1 is 1.26 bits per heavy atom. The van der Waals surface area contributed by atoms with Crippen LogP contribution in [0.2, 0.25) is 0 Å². The van der Waals surface area contributed by atoms with Crippen LogP contribution in [0.1, 0.15) is 24.2 Å². The quantitative estimate of drug-likeness (QED) is 0.815. The molecule has 1 rings (SSSR count). The van der Waals surface area contributed by atoms with E-state index in [0.29, 0.717) is 28.9 Å². The van der Waals surface area contributed by atoms with Crippen molar-refractivity contribution in [3.63, 3.8) is 0 Å². The first-order valence-electron chi connectivity index (χ1n) is 5.92. The molecule has 0 fully saturated rings. The summed E-state index contributed by atoms with van der Waals surface area (Å²) in [4.78, 5) is 23.0. The lowest BCUT2D eigenvalue weighted by atomic mass is 10.2. The molecule has 1 aromatic carbocycles. The van der Waals surface area contributed by atoms with Crippen LogP contribution < -0.4 is 5.32 Å². The fourth-order valence-electron chi connectivity index (χ4n) is 1.34. The number of halogens is 1. The second kappa shape index (κ2) is 7.91. The Bertz CT molecular complexity index is 462. The van der Waals surface area contributed by atoms with E-state index >= 15 is 0 Å². The van der Waals surface area contributed by atoms with E-state index in [1.165, 1.54) is 0 Å². The highest BCUT2D eigenvalue weighted by Gasteiger charge is 2.10. The molecular formula is C13H16BrNO4. The van der Waals surface area contributed by atoms with Crippen molar-refractivity contribution in [1.29, 1.82) is 0 Å². The molecule has 19 heavy (non-hydrogen) atoms. The lowest BCUT2D eigenvalue weighted by Gasteiger charge is -2.09. The van der Waals surface area contributed by atoms with Gasteiger partial charge in [-0.05, 0) is 48.0 Å². The van der Waals surface area contributed by atoms with Gasteiger partial charge in [0.15, 0.2) is 0 Å². The number of amides is 1. The van der Waals surface area contributed by atoms with Crippen LogP contribution in [-0.2, 0) is 14.3 Å². The van der Waals surface area contributed by atoms with Crippen molar-refractivity contribution in [2.45, 2.75) is 13.8 Å². The van der Waals surface area contributed by atoms with Crippen molar-refractivity contribution in [2.75, 3.05) is 25.1 Å². The fraction of sp³-hybridized carbons (Fsp3) is 0.385. The van der Waals surface area contributed by atoms with Crippen molar-refractivity contribution < 1.29 is 19.1 Å². The third kappa shape index (κ3) is 5.00. The minimum Gasteiger partial charge on any atom is -0.462 e. The highest BCUT2D eigenvalue weighted by Crippen LogP contribution is 2.24. The van der Waals surface area contributed by atoms with Gasteiger partial charge in [-0.15, -0.1) is 0 Å². The summed E-state index contributed by atoms with van der Waals surface area (Å²) in [6.07, 6.45) is 0. The maximum absolute atomic E-state index is 11.5. The van der Waals surface area contributed by atoms with Crippen LogP contribution in [0.25, 0.3) is 0 Å². The monoisotopic (exact) mass is 329 g/mol. The summed E-state index contributed by atoms with van der Waals surface area (Å²) in [6, 6.07) is 4.84. The van der Waals surface area contributed by atoms with E-state index in [0.717, 1.165) is 0 Å². The van der Waals surface area contributed by atoms with Gasteiger partial charge in [-0.2, -0.15) is 0 Å². The Morgan fingerprint density at radius 2 is 2.00 bits per heavy atom. The third-order valence-corrected chi connectivity index (χ3v) is 2.85. The molecule has 1 aromatic rings. The Balaban J connectivity index is 2.72. The Hall–Kier alpha value is -1.40. The molecule has 0 heterocycles. The number of carbonyl (C=O) groups excluding carboxylic acids is 2. The van der Waals surface area contributed by atoms with Gasteiger partial charge in [-0.25, -0.2) is 4.79 Å². The van der Waals surface area contributed by atoms with E-state index in [-0.39, 0.29) is 12.5 Å². The van der Waals surface area contributed by atoms with E-state index in [2.05, 4.69) is 21.2 Å². The van der Waals surface area contributed by atoms with Crippen molar-refractivity contribution in [3.8, 4) is 0 Å². The molecule has 0 saturated carbocycles. The van der Waals surface area contributed by atoms with Crippen LogP contribution >= 0.6 is 15.9 Å². The van der Waals surface area contributed by atoms with Crippen LogP contribution in [0.5, 0.6) is 0 Å². The minimum absolute atomic E-state index is 0.00255. The number of hydrogen-bond donors (Lipinski definition) is 1. The van der Waals surface area contributed by atoms with Crippen molar-refractivity contribution in [3.05, 3.63) is 28.2 Å². The van der Waals surface area contributed by atoms with Gasteiger partial charge in [0, 0.05) is 11.1 Å². The van der Waals surface area contributed by atoms with E-state index in [9.17, 15) is 9.59 Å². The number of anilines is 1. The third-order valence-electron chi connectivity index (χ3n) is 2.19. The maximum atomic E-state index is 11.5. The van der Waals surface area contributed by atoms with Crippen LogP contribution in [0.4, 0.5) is 5.69 Å². The number of nitrogens with one attached hydrogen (secondary N) is 1. The summed E-state index contributed by atoms with van der Waals surface area (Å²) in [5, 5.41) is 2.68. The van der Waals surface area contributed by atoms with Gasteiger partial charge in [0.05, 0.1) is 17.9 Å². The number of rotatable bonds is 6. The van der Waals surface area contributed by atoms with Gasteiger partial charge < -0.3 is 14.8 Å². The van der Waals surface area contributed by atoms with Gasteiger partial charge in [-0.3, -0.25) is 4.79 Å². The highest BCUT2D eigenvalue weighted by atomic mass is 79.9. The molecule has 0 aliphatic rings. The first-order valence-corrected chi connectivity index (χ1v) is 6.72. The number of ether oxygens (including phenoxy) is 2. The number of benzene rings is 1. The fourth-order valence-corrected chi connectivity index (χ4v) is 1.82. The smallest absolute Gasteiger partial charge is 0.338 e. The molecule has 0 spiro atoms. The zero-order valence-electron chi connectivity index (χ0n) is 10.9. The first-order chi connectivity index (χ1) is 9.08. The first kappa shape index (κ1) is 15.7. The molecule has 0 bridgehead atoms. The van der Waals surface area contributed by atoms with Gasteiger partial charge >= 0.3 is 5.97 Å². The molecule has 0 aliphatic heterocycles. The SMILES string of the molecule is CCOCC(=O)Nc1ccc(C(=O)OCC)cc1Br. The highest BCUT2D eigenvalue weighted by molar-refractivity contribution is 9.10. The molecule has 0 unspecified atom stereocenters. The molecule has 1 amide bonds. The van der Waals surface area contributed by atoms with Crippen LogP contribution in [0.15, 0.2) is 22.7 Å². The largest absolute Gasteiger partial charge is 0.462 e. The van der Waals surface area contributed by atoms with E-state index in [4.69, 9.17) is 9.47 Å². The van der Waals surface area contributed by atoms with Gasteiger partial charge in [-0.1, -0.05) is 0 Å². The average Bonchev–Trinajstić information content (AvgIpc) is 2.39. The summed E-state index contributed by atoms with van der Waals surface area (Å²) in [5.41, 5.74) is 1.01. The Morgan fingerprint density at radius 3 is 2.58 bits per heavy atom. The van der Waals surface area contributed by atoms with Crippen LogP contribution in [0.3, 0.4) is 0 Å². The zero-order valence-corrected chi connectivity index (χ0v) is 12.5.